The summed E-state index contributed by atoms with van der Waals surface area (Å²) in [7, 11) is 0. The summed E-state index contributed by atoms with van der Waals surface area (Å²) in [6.45, 7) is 0. The maximum absolute atomic E-state index is 10.9. The van der Waals surface area contributed by atoms with Crippen molar-refractivity contribution in [2.45, 2.75) is 0 Å². The maximum atomic E-state index is 10.9. The van der Waals surface area contributed by atoms with Gasteiger partial charge in [-0.3, -0.25) is 20.2 Å². The molecular formula is C20H11N5O4. The Morgan fingerprint density at radius 1 is 0.724 bits per heavy atom. The van der Waals surface area contributed by atoms with E-state index in [0.717, 1.165) is 0 Å². The van der Waals surface area contributed by atoms with Gasteiger partial charge in [-0.1, -0.05) is 0 Å². The van der Waals surface area contributed by atoms with Crippen molar-refractivity contribution in [2.75, 3.05) is 5.73 Å². The highest BCUT2D eigenvalue weighted by Gasteiger charge is 2.19. The molecule has 0 aliphatic heterocycles. The number of benzene rings is 3. The lowest BCUT2D eigenvalue weighted by atomic mass is 9.89. The average Bonchev–Trinajstić information content (AvgIpc) is 2.73. The van der Waals surface area contributed by atoms with Gasteiger partial charge in [0.1, 0.15) is 12.1 Å². The summed E-state index contributed by atoms with van der Waals surface area (Å²) < 4.78 is 0. The number of rotatable bonds is 4. The highest BCUT2D eigenvalue weighted by atomic mass is 16.6. The summed E-state index contributed by atoms with van der Waals surface area (Å²) in [4.78, 5) is 20.7. The fraction of sp³-hybridized carbons (Fsp3) is 0. The van der Waals surface area contributed by atoms with Crippen LogP contribution in [0.4, 0.5) is 17.1 Å². The Morgan fingerprint density at radius 3 is 1.34 bits per heavy atom. The largest absolute Gasteiger partial charge is 0.397 e. The second-order valence-corrected chi connectivity index (χ2v) is 5.97. The van der Waals surface area contributed by atoms with Crippen molar-refractivity contribution >= 4 is 17.1 Å². The fourth-order valence-electron chi connectivity index (χ4n) is 2.93. The van der Waals surface area contributed by atoms with Crippen LogP contribution in [-0.4, -0.2) is 9.85 Å². The van der Waals surface area contributed by atoms with Crippen molar-refractivity contribution in [2.24, 2.45) is 0 Å². The number of nitrogens with two attached hydrogens (primary N) is 1. The smallest absolute Gasteiger partial charge is 0.269 e. The molecule has 0 atom stereocenters. The van der Waals surface area contributed by atoms with Crippen molar-refractivity contribution in [3.63, 3.8) is 0 Å². The minimum atomic E-state index is -0.537. The van der Waals surface area contributed by atoms with Gasteiger partial charge in [0.05, 0.1) is 26.7 Å². The second-order valence-electron chi connectivity index (χ2n) is 5.97. The molecule has 9 nitrogen and oxygen atoms in total. The molecule has 0 aliphatic carbocycles. The minimum Gasteiger partial charge on any atom is -0.397 e. The number of anilines is 1. The van der Waals surface area contributed by atoms with E-state index in [1.165, 1.54) is 48.5 Å². The summed E-state index contributed by atoms with van der Waals surface area (Å²) in [6, 6.07) is 16.7. The first kappa shape index (κ1) is 19.0. The Bertz CT molecular complexity index is 1130. The van der Waals surface area contributed by atoms with E-state index in [2.05, 4.69) is 0 Å². The third-order valence-corrected chi connectivity index (χ3v) is 4.37. The molecule has 0 radical (unpaired) electrons. The van der Waals surface area contributed by atoms with Crippen molar-refractivity contribution in [1.29, 1.82) is 10.5 Å². The molecule has 0 amide bonds. The first-order valence-corrected chi connectivity index (χ1v) is 8.13. The molecule has 29 heavy (non-hydrogen) atoms. The molecule has 0 bridgehead atoms. The van der Waals surface area contributed by atoms with E-state index in [1.54, 1.807) is 6.07 Å². The third-order valence-electron chi connectivity index (χ3n) is 4.37. The van der Waals surface area contributed by atoms with Gasteiger partial charge in [-0.25, -0.2) is 0 Å². The van der Waals surface area contributed by atoms with Crippen LogP contribution < -0.4 is 5.73 Å². The zero-order chi connectivity index (χ0) is 21.1. The second kappa shape index (κ2) is 7.47. The molecule has 2 N–H and O–H groups in total. The zero-order valence-electron chi connectivity index (χ0n) is 14.7. The van der Waals surface area contributed by atoms with Gasteiger partial charge in [0.2, 0.25) is 0 Å². The third kappa shape index (κ3) is 3.44. The van der Waals surface area contributed by atoms with E-state index in [4.69, 9.17) is 5.73 Å². The van der Waals surface area contributed by atoms with Gasteiger partial charge >= 0.3 is 0 Å². The van der Waals surface area contributed by atoms with Crippen LogP contribution in [0.25, 0.3) is 22.3 Å². The van der Waals surface area contributed by atoms with E-state index < -0.39 is 9.85 Å². The van der Waals surface area contributed by atoms with Gasteiger partial charge in [-0.2, -0.15) is 10.5 Å². The Hall–Kier alpha value is -4.76. The molecule has 0 unspecified atom stereocenters. The minimum absolute atomic E-state index is 0.0285. The van der Waals surface area contributed by atoms with E-state index in [0.29, 0.717) is 22.3 Å². The summed E-state index contributed by atoms with van der Waals surface area (Å²) >= 11 is 0. The molecule has 0 aliphatic rings. The first-order valence-electron chi connectivity index (χ1n) is 8.13. The maximum Gasteiger partial charge on any atom is 0.269 e. The Morgan fingerprint density at radius 2 is 1.07 bits per heavy atom. The molecule has 0 fully saturated rings. The van der Waals surface area contributed by atoms with Crippen LogP contribution in [0.15, 0.2) is 54.6 Å². The highest BCUT2D eigenvalue weighted by Crippen LogP contribution is 2.38. The van der Waals surface area contributed by atoms with Gasteiger partial charge in [0, 0.05) is 35.4 Å². The predicted molar refractivity (Wildman–Crippen MR) is 104 cm³/mol. The van der Waals surface area contributed by atoms with Crippen LogP contribution in [-0.2, 0) is 0 Å². The number of nitrogens with zero attached hydrogens (tertiary/aromatic N) is 4. The number of nitriles is 2. The van der Waals surface area contributed by atoms with Gasteiger partial charge in [-0.05, 0) is 41.5 Å². The van der Waals surface area contributed by atoms with E-state index in [-0.39, 0.29) is 28.2 Å². The van der Waals surface area contributed by atoms with Gasteiger partial charge in [0.25, 0.3) is 11.4 Å². The number of non-ortho nitro benzene ring substituents is 2. The van der Waals surface area contributed by atoms with E-state index >= 15 is 0 Å². The summed E-state index contributed by atoms with van der Waals surface area (Å²) in [5.74, 6) is 0. The van der Waals surface area contributed by atoms with Crippen LogP contribution in [0.5, 0.6) is 0 Å². The molecule has 0 saturated carbocycles. The lowest BCUT2D eigenvalue weighted by Gasteiger charge is -2.14. The molecule has 9 heteroatoms. The molecule has 140 valence electrons. The van der Waals surface area contributed by atoms with Gasteiger partial charge in [0.15, 0.2) is 0 Å². The molecule has 0 heterocycles. The lowest BCUT2D eigenvalue weighted by molar-refractivity contribution is -0.385. The molecule has 0 saturated heterocycles. The molecule has 3 aromatic carbocycles. The van der Waals surface area contributed by atoms with E-state index in [9.17, 15) is 30.8 Å². The van der Waals surface area contributed by atoms with Crippen molar-refractivity contribution in [1.82, 2.24) is 0 Å². The number of hydrogen-bond acceptors (Lipinski definition) is 7. The van der Waals surface area contributed by atoms with Crippen molar-refractivity contribution in [3.8, 4) is 34.4 Å². The topological polar surface area (TPSA) is 160 Å². The zero-order valence-corrected chi connectivity index (χ0v) is 14.7. The molecule has 3 rings (SSSR count). The van der Waals surface area contributed by atoms with Gasteiger partial charge < -0.3 is 5.73 Å². The SMILES string of the molecule is N#Cc1c(-c2ccc([N+](=O)[O-])cc2)cc(-c2ccc([N+](=O)[O-])cc2)c(C#N)c1N. The number of nitro groups is 2. The van der Waals surface area contributed by atoms with Crippen LogP contribution in [0.1, 0.15) is 11.1 Å². The fourth-order valence-corrected chi connectivity index (χ4v) is 2.93. The van der Waals surface area contributed by atoms with Gasteiger partial charge in [-0.15, -0.1) is 0 Å². The Labute approximate surface area is 164 Å². The predicted octanol–water partition coefficient (Wildman–Crippen LogP) is 4.16. The first-order chi connectivity index (χ1) is 13.9. The van der Waals surface area contributed by atoms with E-state index in [1.807, 2.05) is 12.1 Å². The summed E-state index contributed by atoms with van der Waals surface area (Å²) in [5, 5.41) is 40.9. The molecular weight excluding hydrogens is 374 g/mol. The van der Waals surface area contributed by atoms with Crippen LogP contribution >= 0.6 is 0 Å². The van der Waals surface area contributed by atoms with Crippen molar-refractivity contribution < 1.29 is 9.85 Å². The van der Waals surface area contributed by atoms with Crippen LogP contribution in [0.3, 0.4) is 0 Å². The molecule has 3 aromatic rings. The van der Waals surface area contributed by atoms with Crippen LogP contribution in [0, 0.1) is 42.9 Å². The standard InChI is InChI=1S/C20H11N5O4/c21-10-18-16(12-1-5-14(6-2-12)24(26)27)9-17(19(11-22)20(18)23)13-3-7-15(8-4-13)25(28)29/h1-9H,23H2. The summed E-state index contributed by atoms with van der Waals surface area (Å²) in [5.41, 5.74) is 7.78. The summed E-state index contributed by atoms with van der Waals surface area (Å²) in [6.07, 6.45) is 0. The van der Waals surface area contributed by atoms with Crippen LogP contribution in [0.2, 0.25) is 0 Å². The Kier molecular flexibility index (Phi) is 4.89. The Balaban J connectivity index is 2.25. The average molecular weight is 385 g/mol. The monoisotopic (exact) mass is 385 g/mol. The lowest BCUT2D eigenvalue weighted by Crippen LogP contribution is -2.01. The molecule has 0 aromatic heterocycles. The number of nitrogen functional groups attached to an aromatic ring is 1. The quantitative estimate of drug-likeness (QED) is 0.400. The highest BCUT2D eigenvalue weighted by molar-refractivity contribution is 5.89. The number of nitro benzene ring substituents is 2. The molecule has 0 spiro atoms. The number of hydrogen-bond donors (Lipinski definition) is 1. The normalized spacial score (nSPS) is 10.0. The van der Waals surface area contributed by atoms with Crippen molar-refractivity contribution in [3.05, 3.63) is 86.0 Å².